The fourth-order valence-electron chi connectivity index (χ4n) is 3.63. The van der Waals surface area contributed by atoms with Crippen molar-refractivity contribution in [1.29, 1.82) is 0 Å². The van der Waals surface area contributed by atoms with Gasteiger partial charge in [0.05, 0.1) is 12.7 Å². The van der Waals surface area contributed by atoms with Crippen LogP contribution in [-0.4, -0.2) is 54.7 Å². The van der Waals surface area contributed by atoms with Crippen molar-refractivity contribution >= 4 is 5.78 Å². The molecule has 0 aromatic heterocycles. The first-order chi connectivity index (χ1) is 9.22. The molecule has 19 heavy (non-hydrogen) atoms. The average molecular weight is 269 g/mol. The fourth-order valence-corrected chi connectivity index (χ4v) is 3.63. The maximum absolute atomic E-state index is 12.1. The van der Waals surface area contributed by atoms with E-state index in [4.69, 9.17) is 4.74 Å². The molecule has 0 amide bonds. The predicted molar refractivity (Wildman–Crippen MR) is 74.1 cm³/mol. The first-order valence-electron chi connectivity index (χ1n) is 7.66. The van der Waals surface area contributed by atoms with E-state index >= 15 is 0 Å². The molecule has 0 aromatic carbocycles. The van der Waals surface area contributed by atoms with Crippen LogP contribution in [0.1, 0.15) is 44.9 Å². The lowest BCUT2D eigenvalue weighted by Crippen LogP contribution is -2.50. The highest BCUT2D eigenvalue weighted by Crippen LogP contribution is 2.31. The first kappa shape index (κ1) is 14.9. The average Bonchev–Trinajstić information content (AvgIpc) is 2.40. The minimum atomic E-state index is -0.440. The summed E-state index contributed by atoms with van der Waals surface area (Å²) in [5, 5.41) is 9.93. The van der Waals surface area contributed by atoms with E-state index in [0.717, 1.165) is 32.2 Å². The van der Waals surface area contributed by atoms with Crippen LogP contribution in [0.4, 0.5) is 0 Å². The zero-order chi connectivity index (χ0) is 13.7. The van der Waals surface area contributed by atoms with E-state index < -0.39 is 6.10 Å². The Morgan fingerprint density at radius 1 is 1.32 bits per heavy atom. The third-order valence-electron chi connectivity index (χ3n) is 4.53. The minimum Gasteiger partial charge on any atom is -0.389 e. The molecule has 1 saturated carbocycles. The van der Waals surface area contributed by atoms with Gasteiger partial charge in [0.15, 0.2) is 0 Å². The number of carbonyl (C=O) groups is 1. The number of ketones is 1. The number of methoxy groups -OCH3 is 1. The number of hydrogen-bond donors (Lipinski definition) is 1. The number of nitrogens with zero attached hydrogens (tertiary/aromatic N) is 1. The lowest BCUT2D eigenvalue weighted by atomic mass is 9.79. The second-order valence-electron chi connectivity index (χ2n) is 5.99. The molecule has 1 aliphatic carbocycles. The summed E-state index contributed by atoms with van der Waals surface area (Å²) >= 11 is 0. The molecule has 4 heteroatoms. The van der Waals surface area contributed by atoms with Crippen LogP contribution in [-0.2, 0) is 9.53 Å². The largest absolute Gasteiger partial charge is 0.389 e. The summed E-state index contributed by atoms with van der Waals surface area (Å²) in [4.78, 5) is 14.5. The first-order valence-corrected chi connectivity index (χ1v) is 7.66. The van der Waals surface area contributed by atoms with E-state index in [1.807, 2.05) is 0 Å². The van der Waals surface area contributed by atoms with E-state index in [2.05, 4.69) is 4.90 Å². The van der Waals surface area contributed by atoms with Gasteiger partial charge < -0.3 is 9.84 Å². The van der Waals surface area contributed by atoms with Crippen LogP contribution in [0.3, 0.4) is 0 Å². The van der Waals surface area contributed by atoms with Gasteiger partial charge in [0.1, 0.15) is 5.78 Å². The van der Waals surface area contributed by atoms with Crippen molar-refractivity contribution < 1.29 is 14.6 Å². The molecule has 2 rings (SSSR count). The SMILES string of the molecule is COCC(O)CN1CCCCC1C1CCCCC1=O. The van der Waals surface area contributed by atoms with Crippen LogP contribution < -0.4 is 0 Å². The number of β-amino-alcohol motifs (C(OH)–C–C–N with tert-alkyl or cyclic N) is 1. The van der Waals surface area contributed by atoms with Gasteiger partial charge in [-0.3, -0.25) is 9.69 Å². The number of Topliss-reactive ketones (excluding diaryl/α,β-unsaturated/α-hetero) is 1. The highest BCUT2D eigenvalue weighted by atomic mass is 16.5. The summed E-state index contributed by atoms with van der Waals surface area (Å²) in [6.45, 7) is 2.03. The van der Waals surface area contributed by atoms with Crippen molar-refractivity contribution in [2.45, 2.75) is 57.1 Å². The number of likely N-dealkylation sites (tertiary alicyclic amines) is 1. The second-order valence-corrected chi connectivity index (χ2v) is 5.99. The van der Waals surface area contributed by atoms with Gasteiger partial charge in [-0.25, -0.2) is 0 Å². The van der Waals surface area contributed by atoms with Crippen LogP contribution in [0, 0.1) is 5.92 Å². The molecular weight excluding hydrogens is 242 g/mol. The van der Waals surface area contributed by atoms with Crippen molar-refractivity contribution in [3.63, 3.8) is 0 Å². The predicted octanol–water partition coefficient (Wildman–Crippen LogP) is 1.61. The molecule has 2 aliphatic rings. The van der Waals surface area contributed by atoms with Crippen LogP contribution in [0.5, 0.6) is 0 Å². The van der Waals surface area contributed by atoms with Crippen molar-refractivity contribution in [2.75, 3.05) is 26.8 Å². The highest BCUT2D eigenvalue weighted by molar-refractivity contribution is 5.82. The van der Waals surface area contributed by atoms with Gasteiger partial charge in [0.2, 0.25) is 0 Å². The molecule has 0 radical (unpaired) electrons. The molecule has 0 aromatic rings. The summed E-state index contributed by atoms with van der Waals surface area (Å²) in [6, 6.07) is 0.355. The second kappa shape index (κ2) is 7.36. The summed E-state index contributed by atoms with van der Waals surface area (Å²) < 4.78 is 5.00. The topological polar surface area (TPSA) is 49.8 Å². The zero-order valence-corrected chi connectivity index (χ0v) is 12.0. The third-order valence-corrected chi connectivity index (χ3v) is 4.53. The van der Waals surface area contributed by atoms with Gasteiger partial charge in [0.25, 0.3) is 0 Å². The van der Waals surface area contributed by atoms with Gasteiger partial charge in [-0.15, -0.1) is 0 Å². The summed E-state index contributed by atoms with van der Waals surface area (Å²) in [5.41, 5.74) is 0. The van der Waals surface area contributed by atoms with Gasteiger partial charge in [-0.2, -0.15) is 0 Å². The van der Waals surface area contributed by atoms with Crippen molar-refractivity contribution in [1.82, 2.24) is 4.90 Å². The number of aliphatic hydroxyl groups is 1. The Kier molecular flexibility index (Phi) is 5.79. The smallest absolute Gasteiger partial charge is 0.137 e. The number of ether oxygens (including phenoxy) is 1. The monoisotopic (exact) mass is 269 g/mol. The van der Waals surface area contributed by atoms with E-state index in [1.54, 1.807) is 7.11 Å². The Labute approximate surface area is 116 Å². The Morgan fingerprint density at radius 2 is 2.11 bits per heavy atom. The molecule has 0 spiro atoms. The van der Waals surface area contributed by atoms with E-state index in [1.165, 1.54) is 19.3 Å². The van der Waals surface area contributed by atoms with Gasteiger partial charge in [0, 0.05) is 32.0 Å². The van der Waals surface area contributed by atoms with Crippen molar-refractivity contribution in [2.24, 2.45) is 5.92 Å². The molecule has 110 valence electrons. The number of piperidine rings is 1. The molecule has 1 aliphatic heterocycles. The molecule has 1 N–H and O–H groups in total. The molecule has 1 heterocycles. The van der Waals surface area contributed by atoms with E-state index in [-0.39, 0.29) is 5.92 Å². The number of aliphatic hydroxyl groups excluding tert-OH is 1. The molecule has 3 unspecified atom stereocenters. The Hall–Kier alpha value is -0.450. The molecule has 1 saturated heterocycles. The number of rotatable bonds is 5. The number of carbonyl (C=O) groups excluding carboxylic acids is 1. The van der Waals surface area contributed by atoms with Gasteiger partial charge in [-0.1, -0.05) is 12.8 Å². The lowest BCUT2D eigenvalue weighted by molar-refractivity contribution is -0.128. The summed E-state index contributed by atoms with van der Waals surface area (Å²) in [7, 11) is 1.61. The standard InChI is InChI=1S/C15H27NO3/c1-19-11-12(17)10-16-9-5-4-7-14(16)13-6-2-3-8-15(13)18/h12-14,17H,2-11H2,1H3. The van der Waals surface area contributed by atoms with Gasteiger partial charge >= 0.3 is 0 Å². The molecule has 4 nitrogen and oxygen atoms in total. The highest BCUT2D eigenvalue weighted by Gasteiger charge is 2.35. The molecule has 0 bridgehead atoms. The van der Waals surface area contributed by atoms with E-state index in [9.17, 15) is 9.90 Å². The quantitative estimate of drug-likeness (QED) is 0.824. The minimum absolute atomic E-state index is 0.212. The fraction of sp³-hybridized carbons (Fsp3) is 0.933. The maximum Gasteiger partial charge on any atom is 0.137 e. The zero-order valence-electron chi connectivity index (χ0n) is 12.0. The normalized spacial score (nSPS) is 31.4. The Morgan fingerprint density at radius 3 is 2.84 bits per heavy atom. The van der Waals surface area contributed by atoms with Crippen LogP contribution in [0.2, 0.25) is 0 Å². The summed E-state index contributed by atoms with van der Waals surface area (Å²) in [5.74, 6) is 0.660. The van der Waals surface area contributed by atoms with Crippen LogP contribution in [0.25, 0.3) is 0 Å². The Bertz CT molecular complexity index is 295. The maximum atomic E-state index is 12.1. The number of hydrogen-bond acceptors (Lipinski definition) is 4. The van der Waals surface area contributed by atoms with E-state index in [0.29, 0.717) is 25.0 Å². The van der Waals surface area contributed by atoms with Crippen LogP contribution in [0.15, 0.2) is 0 Å². The summed E-state index contributed by atoms with van der Waals surface area (Å²) in [6.07, 6.45) is 7.11. The van der Waals surface area contributed by atoms with Gasteiger partial charge in [-0.05, 0) is 32.2 Å². The van der Waals surface area contributed by atoms with Crippen LogP contribution >= 0.6 is 0 Å². The molecule has 2 fully saturated rings. The lowest BCUT2D eigenvalue weighted by Gasteiger charge is -2.41. The molecular formula is C15H27NO3. The molecule has 3 atom stereocenters. The Balaban J connectivity index is 1.96. The third kappa shape index (κ3) is 4.01. The van der Waals surface area contributed by atoms with Crippen molar-refractivity contribution in [3.05, 3.63) is 0 Å². The van der Waals surface area contributed by atoms with Crippen molar-refractivity contribution in [3.8, 4) is 0 Å².